The lowest BCUT2D eigenvalue weighted by atomic mass is 10.2. The van der Waals surface area contributed by atoms with Gasteiger partial charge >= 0.3 is 0 Å². The van der Waals surface area contributed by atoms with Gasteiger partial charge < -0.3 is 14.1 Å². The zero-order valence-electron chi connectivity index (χ0n) is 15.0. The molecule has 0 fully saturated rings. The predicted octanol–water partition coefficient (Wildman–Crippen LogP) is 3.30. The van der Waals surface area contributed by atoms with Gasteiger partial charge in [0.2, 0.25) is 0 Å². The summed E-state index contributed by atoms with van der Waals surface area (Å²) in [6, 6.07) is 12.2. The number of hydrogen-bond donors (Lipinski definition) is 1. The molecule has 1 heterocycles. The molecule has 2 atom stereocenters. The molecule has 142 valence electrons. The fourth-order valence-corrected chi connectivity index (χ4v) is 2.85. The molecule has 2 aromatic carbocycles. The fourth-order valence-electron chi connectivity index (χ4n) is 2.66. The summed E-state index contributed by atoms with van der Waals surface area (Å²) in [7, 11) is 1.96. The first-order valence-corrected chi connectivity index (χ1v) is 8.87. The summed E-state index contributed by atoms with van der Waals surface area (Å²) >= 11 is 5.23. The monoisotopic (exact) mass is 392 g/mol. The van der Waals surface area contributed by atoms with Crippen LogP contribution in [0.15, 0.2) is 52.9 Å². The fraction of sp³-hybridized carbons (Fsp3) is 0.263. The van der Waals surface area contributed by atoms with Gasteiger partial charge in [0.1, 0.15) is 23.9 Å². The highest BCUT2D eigenvalue weighted by atomic mass is 32.1. The van der Waals surface area contributed by atoms with Crippen molar-refractivity contribution in [1.29, 1.82) is 0 Å². The van der Waals surface area contributed by atoms with E-state index in [1.54, 1.807) is 17.7 Å². The molecule has 0 aliphatic heterocycles. The van der Waals surface area contributed by atoms with Gasteiger partial charge in [0.25, 0.3) is 10.7 Å². The number of benzene rings is 2. The van der Waals surface area contributed by atoms with E-state index in [-0.39, 0.29) is 16.5 Å². The molecule has 1 N–H and O–H groups in total. The van der Waals surface area contributed by atoms with Gasteiger partial charge in [-0.25, -0.2) is 8.78 Å². The maximum atomic E-state index is 13.3. The minimum absolute atomic E-state index is 0.234. The maximum absolute atomic E-state index is 13.3. The first kappa shape index (κ1) is 19.2. The summed E-state index contributed by atoms with van der Waals surface area (Å²) in [6.45, 7) is 2.85. The Kier molecular flexibility index (Phi) is 5.98. The van der Waals surface area contributed by atoms with Gasteiger partial charge in [-0.2, -0.15) is 4.68 Å². The van der Waals surface area contributed by atoms with Crippen LogP contribution in [0.4, 0.5) is 8.78 Å². The second-order valence-electron chi connectivity index (χ2n) is 6.34. The van der Waals surface area contributed by atoms with Crippen LogP contribution in [-0.2, 0) is 13.2 Å². The molecule has 1 aromatic heterocycles. The van der Waals surface area contributed by atoms with Gasteiger partial charge in [0.05, 0.1) is 7.05 Å². The molecule has 0 radical (unpaired) electrons. The molecule has 3 aromatic rings. The number of halogens is 2. The first-order chi connectivity index (χ1) is 12.9. The molecular formula is C19H20F2N3O2S+. The van der Waals surface area contributed by atoms with Crippen molar-refractivity contribution < 1.29 is 22.8 Å². The Hall–Kier alpha value is -2.58. The summed E-state index contributed by atoms with van der Waals surface area (Å²) in [5.74, 6) is 0.254. The van der Waals surface area contributed by atoms with Crippen molar-refractivity contribution in [2.45, 2.75) is 26.2 Å². The van der Waals surface area contributed by atoms with Crippen LogP contribution in [0.1, 0.15) is 24.5 Å². The third-order valence-corrected chi connectivity index (χ3v) is 4.20. The van der Waals surface area contributed by atoms with E-state index < -0.39 is 6.10 Å². The Bertz CT molecular complexity index is 956. The van der Waals surface area contributed by atoms with Crippen LogP contribution in [0.5, 0.6) is 5.75 Å². The van der Waals surface area contributed by atoms with Crippen LogP contribution < -0.4 is 9.64 Å². The summed E-state index contributed by atoms with van der Waals surface area (Å²) in [4.78, 5) is 1.29. The maximum Gasteiger partial charge on any atom is 0.292 e. The quantitative estimate of drug-likeness (QED) is 0.627. The second-order valence-corrected chi connectivity index (χ2v) is 6.69. The van der Waals surface area contributed by atoms with E-state index in [0.717, 1.165) is 10.5 Å². The normalized spacial score (nSPS) is 13.3. The van der Waals surface area contributed by atoms with Gasteiger partial charge in [0, 0.05) is 5.56 Å². The summed E-state index contributed by atoms with van der Waals surface area (Å²) < 4.78 is 39.1. The van der Waals surface area contributed by atoms with Crippen LogP contribution in [0.25, 0.3) is 0 Å². The van der Waals surface area contributed by atoms with Crippen molar-refractivity contribution in [1.82, 2.24) is 9.78 Å². The summed E-state index contributed by atoms with van der Waals surface area (Å²) in [5.41, 5.74) is 0.885. The third kappa shape index (κ3) is 5.21. The Morgan fingerprint density at radius 1 is 1.19 bits per heavy atom. The van der Waals surface area contributed by atoms with E-state index in [2.05, 4.69) is 5.10 Å². The van der Waals surface area contributed by atoms with E-state index in [1.165, 1.54) is 36.4 Å². The average Bonchev–Trinajstić information content (AvgIpc) is 2.97. The molecule has 0 saturated carbocycles. The molecule has 0 bridgehead atoms. The number of quaternary nitrogens is 1. The molecule has 1 unspecified atom stereocenters. The minimum Gasteiger partial charge on any atom is -0.481 e. The molecule has 0 amide bonds. The van der Waals surface area contributed by atoms with Crippen LogP contribution in [0.2, 0.25) is 0 Å². The van der Waals surface area contributed by atoms with Gasteiger partial charge in [0.15, 0.2) is 12.8 Å². The topological polar surface area (TPSA) is 44.6 Å². The molecule has 0 aliphatic rings. The lowest BCUT2D eigenvalue weighted by Gasteiger charge is -2.13. The minimum atomic E-state index is -0.484. The number of aromatic nitrogens is 2. The standard InChI is InChI=1S/C19H19F2N3O2S/c1-13(25-17-8-6-15(20)7-9-17)18-22-24(19(27)26-18)12-23(2)11-14-4-3-5-16(21)10-14/h3-10,13H,11-12H2,1-2H3/p+1/t13-/m1/s1. The van der Waals surface area contributed by atoms with Crippen LogP contribution in [-0.4, -0.2) is 16.8 Å². The number of nitrogens with zero attached hydrogens (tertiary/aromatic N) is 2. The number of rotatable bonds is 7. The molecule has 0 spiro atoms. The first-order valence-electron chi connectivity index (χ1n) is 8.46. The Morgan fingerprint density at radius 3 is 2.63 bits per heavy atom. The molecule has 0 saturated heterocycles. The lowest BCUT2D eigenvalue weighted by Crippen LogP contribution is -3.07. The molecule has 27 heavy (non-hydrogen) atoms. The zero-order chi connectivity index (χ0) is 19.4. The molecular weight excluding hydrogens is 372 g/mol. The largest absolute Gasteiger partial charge is 0.481 e. The van der Waals surface area contributed by atoms with Crippen molar-refractivity contribution in [3.63, 3.8) is 0 Å². The van der Waals surface area contributed by atoms with E-state index in [4.69, 9.17) is 21.4 Å². The van der Waals surface area contributed by atoms with Crippen molar-refractivity contribution in [2.24, 2.45) is 0 Å². The lowest BCUT2D eigenvalue weighted by molar-refractivity contribution is -0.917. The second kappa shape index (κ2) is 8.41. The number of nitrogens with one attached hydrogen (secondary N) is 1. The van der Waals surface area contributed by atoms with Crippen LogP contribution in [0.3, 0.4) is 0 Å². The van der Waals surface area contributed by atoms with Gasteiger partial charge in [-0.1, -0.05) is 12.1 Å². The van der Waals surface area contributed by atoms with Crippen molar-refractivity contribution in [2.75, 3.05) is 7.05 Å². The van der Waals surface area contributed by atoms with E-state index in [1.807, 2.05) is 13.1 Å². The van der Waals surface area contributed by atoms with Crippen molar-refractivity contribution in [3.8, 4) is 5.75 Å². The van der Waals surface area contributed by atoms with Crippen molar-refractivity contribution >= 4 is 12.2 Å². The zero-order valence-corrected chi connectivity index (χ0v) is 15.8. The Morgan fingerprint density at radius 2 is 1.93 bits per heavy atom. The molecule has 3 rings (SSSR count). The summed E-state index contributed by atoms with van der Waals surface area (Å²) in [6.07, 6.45) is -0.484. The predicted molar refractivity (Wildman–Crippen MR) is 97.8 cm³/mol. The molecule has 8 heteroatoms. The van der Waals surface area contributed by atoms with E-state index in [9.17, 15) is 8.78 Å². The van der Waals surface area contributed by atoms with Crippen molar-refractivity contribution in [3.05, 3.63) is 76.5 Å². The smallest absolute Gasteiger partial charge is 0.292 e. The SMILES string of the molecule is C[C@@H](Oc1ccc(F)cc1)c1nn(C[NH+](C)Cc2cccc(F)c2)c(=S)o1. The number of hydrogen-bond acceptors (Lipinski definition) is 4. The Balaban J connectivity index is 1.64. The number of ether oxygens (including phenoxy) is 1. The summed E-state index contributed by atoms with van der Waals surface area (Å²) in [5, 5.41) is 4.37. The third-order valence-electron chi connectivity index (χ3n) is 3.91. The van der Waals surface area contributed by atoms with Crippen LogP contribution in [0, 0.1) is 16.5 Å². The average molecular weight is 392 g/mol. The van der Waals surface area contributed by atoms with E-state index in [0.29, 0.717) is 24.9 Å². The highest BCUT2D eigenvalue weighted by Gasteiger charge is 2.17. The van der Waals surface area contributed by atoms with Gasteiger partial charge in [-0.15, -0.1) is 5.10 Å². The highest BCUT2D eigenvalue weighted by molar-refractivity contribution is 7.71. The Labute approximate surface area is 160 Å². The van der Waals surface area contributed by atoms with Crippen LogP contribution >= 0.6 is 12.2 Å². The van der Waals surface area contributed by atoms with E-state index >= 15 is 0 Å². The van der Waals surface area contributed by atoms with Gasteiger partial charge in [-0.05, 0) is 55.5 Å². The molecule has 5 nitrogen and oxygen atoms in total. The highest BCUT2D eigenvalue weighted by Crippen LogP contribution is 2.20. The molecule has 0 aliphatic carbocycles. The van der Waals surface area contributed by atoms with Gasteiger partial charge in [-0.3, -0.25) is 0 Å².